The van der Waals surface area contributed by atoms with Crippen LogP contribution in [0.1, 0.15) is 136 Å². The van der Waals surface area contributed by atoms with E-state index < -0.39 is 82.3 Å². The van der Waals surface area contributed by atoms with Gasteiger partial charge >= 0.3 is 5.51 Å². The zero-order valence-electron chi connectivity index (χ0n) is 67.7. The van der Waals surface area contributed by atoms with Crippen LogP contribution in [0.25, 0.3) is 16.0 Å². The number of thioether (sulfide) groups is 1. The Morgan fingerprint density at radius 3 is 1.98 bits per heavy atom. The number of aliphatic hydroxyl groups excluding tert-OH is 1. The Labute approximate surface area is 704 Å². The van der Waals surface area contributed by atoms with Crippen LogP contribution in [0.5, 0.6) is 0 Å². The number of carbonyl (C=O) groups excluding carboxylic acids is 5. The number of carbonyl (C=O) groups is 5. The van der Waals surface area contributed by atoms with Crippen LogP contribution in [0.2, 0.25) is 5.02 Å². The van der Waals surface area contributed by atoms with Gasteiger partial charge in [-0.2, -0.15) is 13.2 Å². The fourth-order valence-electron chi connectivity index (χ4n) is 16.2. The van der Waals surface area contributed by atoms with Crippen molar-refractivity contribution in [1.29, 1.82) is 0 Å². The fraction of sp³-hybridized carbons (Fsp3) is 0.471. The smallest absolute Gasteiger partial charge is 0.391 e. The number of unbranched alkanes of at least 4 members (excludes halogenated alkanes) is 2. The van der Waals surface area contributed by atoms with Gasteiger partial charge in [0.15, 0.2) is 0 Å². The minimum Gasteiger partial charge on any atom is -0.391 e. The molecule has 5 heterocycles. The molecule has 12 rings (SSSR count). The van der Waals surface area contributed by atoms with Crippen LogP contribution in [0.15, 0.2) is 171 Å². The summed E-state index contributed by atoms with van der Waals surface area (Å²) >= 11 is 9.42. The number of piperazine rings is 2. The Bertz CT molecular complexity index is 4890. The van der Waals surface area contributed by atoms with E-state index in [9.17, 15) is 59.1 Å². The van der Waals surface area contributed by atoms with Gasteiger partial charge in [0, 0.05) is 155 Å². The molecule has 0 bridgehead atoms. The highest BCUT2D eigenvalue weighted by Gasteiger charge is 2.49. The summed E-state index contributed by atoms with van der Waals surface area (Å²) in [4.78, 5) is 85.9. The number of likely N-dealkylation sites (tertiary alicyclic amines) is 1. The third-order valence-electron chi connectivity index (χ3n) is 23.0. The van der Waals surface area contributed by atoms with Crippen LogP contribution >= 0.6 is 34.7 Å². The molecule has 5 amide bonds. The van der Waals surface area contributed by atoms with Crippen molar-refractivity contribution in [3.8, 4) is 10.4 Å². The number of thiazole rings is 1. The number of rotatable bonds is 32. The SMILES string of the molecule is Cc1ncsc1-c1ccc([C@H](C)NC(=O)[C@@H]2C[C@@H](O)CN2C(=O)[C@@H](NC(=O)CCCCCNC(=O)c2ccc(N3CCN(CC4(C)CCC(c5ccc(Cl)cc5)=C(CN5CCN(c6ccc(C(=O)NS(=O)(=O)c7ccc(N[C@H](CCN8CCOCC8)CSc8ccccc8)c(S(=O)(=O)C(F)(F)F)c7)cc6)CC5)C4)CC3)cc2)C(C)(C)C)cc1. The first-order valence-corrected chi connectivity index (χ1v) is 45.7. The maximum atomic E-state index is 14.4. The first kappa shape index (κ1) is 88.8. The lowest BCUT2D eigenvalue weighted by molar-refractivity contribution is -0.144. The van der Waals surface area contributed by atoms with Gasteiger partial charge in [-0.1, -0.05) is 106 Å². The monoisotopic (exact) mass is 1720 g/mol. The van der Waals surface area contributed by atoms with Gasteiger partial charge < -0.3 is 45.8 Å². The number of morpholine rings is 1. The zero-order valence-corrected chi connectivity index (χ0v) is 71.7. The molecule has 6 N–H and O–H groups in total. The number of sulfonamides is 1. The van der Waals surface area contributed by atoms with Crippen molar-refractivity contribution in [2.45, 2.75) is 150 Å². The largest absolute Gasteiger partial charge is 0.501 e. The highest BCUT2D eigenvalue weighted by Crippen LogP contribution is 2.45. The number of alkyl halides is 3. The molecule has 1 unspecified atom stereocenters. The molecule has 634 valence electrons. The van der Waals surface area contributed by atoms with E-state index in [0.717, 1.165) is 127 Å². The zero-order chi connectivity index (χ0) is 84.1. The molecule has 5 aliphatic rings. The molecule has 6 aromatic carbocycles. The fourth-order valence-corrected chi connectivity index (χ4v) is 20.1. The van der Waals surface area contributed by atoms with E-state index in [0.29, 0.717) is 101 Å². The number of nitrogens with zero attached hydrogens (tertiary/aromatic N) is 7. The third kappa shape index (κ3) is 23.2. The molecule has 0 spiro atoms. The molecule has 4 fully saturated rings. The second kappa shape index (κ2) is 39.4. The van der Waals surface area contributed by atoms with Crippen molar-refractivity contribution < 1.29 is 63.8 Å². The van der Waals surface area contributed by atoms with Crippen LogP contribution in [-0.4, -0.2) is 223 Å². The number of halogens is 4. The summed E-state index contributed by atoms with van der Waals surface area (Å²) < 4.78 is 105. The van der Waals surface area contributed by atoms with Crippen LogP contribution in [-0.2, 0) is 39.0 Å². The number of hydrogen-bond donors (Lipinski definition) is 6. The number of amides is 5. The number of ether oxygens (including phenoxy) is 1. The molecular formula is C87H108ClF3N12O11S4. The first-order valence-electron chi connectivity index (χ1n) is 40.5. The molecule has 0 saturated carbocycles. The van der Waals surface area contributed by atoms with E-state index in [1.807, 2.05) is 136 Å². The number of nitrogens with one attached hydrogen (secondary N) is 5. The Kier molecular flexibility index (Phi) is 29.7. The van der Waals surface area contributed by atoms with Gasteiger partial charge in [-0.15, -0.1) is 23.1 Å². The molecule has 1 aromatic heterocycles. The van der Waals surface area contributed by atoms with Crippen molar-refractivity contribution in [1.82, 2.24) is 45.3 Å². The number of aliphatic hydroxyl groups is 1. The minimum atomic E-state index is -6.11. The Morgan fingerprint density at radius 1 is 0.737 bits per heavy atom. The molecule has 23 nitrogen and oxygen atoms in total. The Hall–Kier alpha value is -8.43. The number of benzene rings is 6. The van der Waals surface area contributed by atoms with Crippen molar-refractivity contribution in [2.75, 3.05) is 132 Å². The van der Waals surface area contributed by atoms with Gasteiger partial charge in [0.05, 0.1) is 52.0 Å². The molecule has 7 aromatic rings. The van der Waals surface area contributed by atoms with Gasteiger partial charge in [-0.3, -0.25) is 38.7 Å². The van der Waals surface area contributed by atoms with Crippen LogP contribution < -0.4 is 35.8 Å². The van der Waals surface area contributed by atoms with Gasteiger partial charge in [-0.05, 0) is 176 Å². The summed E-state index contributed by atoms with van der Waals surface area (Å²) in [5.41, 5.74) is 4.07. The second-order valence-electron chi connectivity index (χ2n) is 32.9. The van der Waals surface area contributed by atoms with Crippen LogP contribution in [0, 0.1) is 17.8 Å². The minimum absolute atomic E-state index is 0.00335. The lowest BCUT2D eigenvalue weighted by Crippen LogP contribution is -2.57. The van der Waals surface area contributed by atoms with Crippen LogP contribution in [0.3, 0.4) is 0 Å². The van der Waals surface area contributed by atoms with Gasteiger partial charge in [0.25, 0.3) is 31.7 Å². The highest BCUT2D eigenvalue weighted by molar-refractivity contribution is 7.99. The second-order valence-corrected chi connectivity index (χ2v) is 38.9. The molecule has 0 radical (unpaired) electrons. The van der Waals surface area contributed by atoms with Crippen molar-refractivity contribution >= 4 is 107 Å². The molecule has 1 aliphatic carbocycles. The van der Waals surface area contributed by atoms with Crippen molar-refractivity contribution in [3.05, 3.63) is 190 Å². The third-order valence-corrected chi connectivity index (χ3v) is 28.2. The first-order chi connectivity index (χ1) is 56.3. The summed E-state index contributed by atoms with van der Waals surface area (Å²) in [5, 5.41) is 23.5. The summed E-state index contributed by atoms with van der Waals surface area (Å²) in [7, 11) is -11.0. The predicted molar refractivity (Wildman–Crippen MR) is 458 cm³/mol. The molecule has 31 heteroatoms. The Balaban J connectivity index is 0.577. The molecule has 118 heavy (non-hydrogen) atoms. The highest BCUT2D eigenvalue weighted by atomic mass is 35.5. The standard InChI is InChI=1S/C87H108ClF3N12O11S4/c1-59(61-16-18-63(19-17-61)79-60(2)93-58-116-79)94-83(108)76-51-71(104)55-103(76)84(109)80(85(3,4)5)96-78(105)15-11-8-12-37-92-81(106)64-22-28-69(29-23-64)102-45-41-100(42-46-102)57-86(6)36-34-74(62-20-26-67(88)27-21-62)66(53-86)54-99-39-43-101(44-40-99)70-30-24-65(25-31-70)82(107)97-118(112,113)73-32-33-75(77(52-73)117(110,111)87(89,90)91)95-68(35-38-98-47-49-114-50-48-98)56-115-72-13-9-7-10-14-72/h7,9-10,13-14,16-33,52,58-59,68,71,76,80,95,104H,8,11-12,15,34-51,53-57H2,1-6H3,(H,92,106)(H,94,108)(H,96,105)(H,97,107)/t59-,68+,71+,76-,80+,86?/m0/s1. The summed E-state index contributed by atoms with van der Waals surface area (Å²) in [5.74, 6) is -1.98. The van der Waals surface area contributed by atoms with E-state index in [2.05, 4.69) is 69.8 Å². The number of aromatic nitrogens is 1. The molecular weight excluding hydrogens is 1610 g/mol. The Morgan fingerprint density at radius 2 is 1.36 bits per heavy atom. The number of β-amino-alcohol motifs (C(OH)–C–C–N with tert-alkyl or cyclic N) is 1. The number of allylic oxidation sites excluding steroid dienone is 1. The van der Waals surface area contributed by atoms with Gasteiger partial charge in [-0.25, -0.2) is 26.5 Å². The van der Waals surface area contributed by atoms with E-state index >= 15 is 0 Å². The number of sulfone groups is 1. The van der Waals surface area contributed by atoms with E-state index in [1.165, 1.54) is 39.9 Å². The topological polar surface area (TPSA) is 276 Å². The summed E-state index contributed by atoms with van der Waals surface area (Å²) in [6.07, 6.45) is 4.47. The average molecular weight is 1720 g/mol. The number of aryl methyl sites for hydroxylation is 1. The molecule has 4 saturated heterocycles. The predicted octanol–water partition coefficient (Wildman–Crippen LogP) is 12.7. The van der Waals surface area contributed by atoms with E-state index in [1.54, 1.807) is 23.5 Å². The number of anilines is 3. The average Bonchev–Trinajstić information content (AvgIpc) is 0.908. The van der Waals surface area contributed by atoms with Gasteiger partial charge in [0.2, 0.25) is 17.7 Å². The lowest BCUT2D eigenvalue weighted by atomic mass is 9.71. The summed E-state index contributed by atoms with van der Waals surface area (Å²) in [6.45, 7) is 23.1. The van der Waals surface area contributed by atoms with Crippen LogP contribution in [0.4, 0.5) is 30.2 Å². The van der Waals surface area contributed by atoms with Crippen molar-refractivity contribution in [3.63, 3.8) is 0 Å². The van der Waals surface area contributed by atoms with Gasteiger partial charge in [0.1, 0.15) is 17.0 Å². The lowest BCUT2D eigenvalue weighted by Gasteiger charge is -2.44. The normalized spacial score (nSPS) is 19.6. The maximum Gasteiger partial charge on any atom is 0.501 e. The molecule has 4 aliphatic heterocycles. The van der Waals surface area contributed by atoms with E-state index in [4.69, 9.17) is 16.3 Å². The van der Waals surface area contributed by atoms with Crippen molar-refractivity contribution in [2.24, 2.45) is 10.8 Å². The number of hydrogen-bond acceptors (Lipinski definition) is 20. The molecule has 6 atom stereocenters. The summed E-state index contributed by atoms with van der Waals surface area (Å²) in [6, 6.07) is 39.1. The quantitative estimate of drug-likeness (QED) is 0.0169. The maximum absolute atomic E-state index is 14.4. The van der Waals surface area contributed by atoms with E-state index in [-0.39, 0.29) is 54.1 Å².